The van der Waals surface area contributed by atoms with Crippen molar-refractivity contribution in [1.82, 2.24) is 0 Å². The number of hydrogen-bond donors (Lipinski definition) is 1. The van der Waals surface area contributed by atoms with Gasteiger partial charge in [0.2, 0.25) is 0 Å². The molecule has 0 radical (unpaired) electrons. The van der Waals surface area contributed by atoms with E-state index in [0.717, 1.165) is 16.7 Å². The third kappa shape index (κ3) is 3.63. The Balaban J connectivity index is 2.42. The molecule has 0 aliphatic heterocycles. The summed E-state index contributed by atoms with van der Waals surface area (Å²) < 4.78 is 15.0. The van der Waals surface area contributed by atoms with Crippen molar-refractivity contribution in [3.8, 4) is 0 Å². The number of likely N-dealkylation sites (N-methyl/N-ethyl adjacent to an activating group) is 1. The Morgan fingerprint density at radius 1 is 1.24 bits per heavy atom. The van der Waals surface area contributed by atoms with Gasteiger partial charge in [-0.15, -0.1) is 0 Å². The number of nitrogens with zero attached hydrogens (tertiary/aromatic N) is 1. The van der Waals surface area contributed by atoms with Crippen molar-refractivity contribution in [2.75, 3.05) is 18.0 Å². The van der Waals surface area contributed by atoms with Crippen LogP contribution in [0.25, 0.3) is 0 Å². The zero-order chi connectivity index (χ0) is 15.4. The van der Waals surface area contributed by atoms with E-state index in [1.54, 1.807) is 6.07 Å². The molecule has 0 saturated carbocycles. The lowest BCUT2D eigenvalue weighted by molar-refractivity contribution is 0.561. The molecule has 0 aromatic heterocycles. The minimum Gasteiger partial charge on any atom is -0.363 e. The molecule has 2 rings (SSSR count). The van der Waals surface area contributed by atoms with Gasteiger partial charge in [0.05, 0.1) is 6.04 Å². The predicted octanol–water partition coefficient (Wildman–Crippen LogP) is 4.42. The number of rotatable bonds is 5. The average Bonchev–Trinajstić information content (AvgIpc) is 2.45. The van der Waals surface area contributed by atoms with Gasteiger partial charge in [0, 0.05) is 28.8 Å². The molecular formula is C17H20BrFN2. The van der Waals surface area contributed by atoms with E-state index < -0.39 is 0 Å². The van der Waals surface area contributed by atoms with E-state index in [1.807, 2.05) is 18.2 Å². The Hall–Kier alpha value is -1.39. The maximum absolute atomic E-state index is 14.3. The van der Waals surface area contributed by atoms with Crippen molar-refractivity contribution in [2.45, 2.75) is 19.9 Å². The fourth-order valence-corrected chi connectivity index (χ4v) is 2.92. The van der Waals surface area contributed by atoms with Crippen LogP contribution in [0.5, 0.6) is 0 Å². The molecule has 2 N–H and O–H groups in total. The Labute approximate surface area is 133 Å². The van der Waals surface area contributed by atoms with Gasteiger partial charge in [-0.05, 0) is 43.7 Å². The highest BCUT2D eigenvalue weighted by Crippen LogP contribution is 2.29. The lowest BCUT2D eigenvalue weighted by Gasteiger charge is -2.33. The first kappa shape index (κ1) is 16.0. The largest absolute Gasteiger partial charge is 0.363 e. The van der Waals surface area contributed by atoms with Crippen LogP contribution in [0.3, 0.4) is 0 Å². The fourth-order valence-electron chi connectivity index (χ4n) is 2.58. The van der Waals surface area contributed by atoms with Crippen LogP contribution in [-0.2, 0) is 0 Å². The highest BCUT2D eigenvalue weighted by molar-refractivity contribution is 9.10. The standard InChI is InChI=1S/C17H20BrFN2/c1-3-21(14-6-4-5-12(2)9-14)17(11-20)15-8-7-13(18)10-16(15)19/h4-10,17H,3,11,20H2,1-2H3. The van der Waals surface area contributed by atoms with Gasteiger partial charge in [-0.25, -0.2) is 4.39 Å². The van der Waals surface area contributed by atoms with Crippen molar-refractivity contribution in [3.05, 3.63) is 63.9 Å². The van der Waals surface area contributed by atoms with Gasteiger partial charge in [0.1, 0.15) is 5.82 Å². The second-order valence-corrected chi connectivity index (χ2v) is 5.96. The average molecular weight is 351 g/mol. The summed E-state index contributed by atoms with van der Waals surface area (Å²) in [4.78, 5) is 2.14. The van der Waals surface area contributed by atoms with Crippen LogP contribution in [0.2, 0.25) is 0 Å². The van der Waals surface area contributed by atoms with Crippen LogP contribution in [0.4, 0.5) is 10.1 Å². The first-order valence-electron chi connectivity index (χ1n) is 7.05. The SMILES string of the molecule is CCN(c1cccc(C)c1)C(CN)c1ccc(Br)cc1F. The number of aryl methyl sites for hydroxylation is 1. The van der Waals surface area contributed by atoms with Crippen molar-refractivity contribution in [2.24, 2.45) is 5.73 Å². The summed E-state index contributed by atoms with van der Waals surface area (Å²) in [6.07, 6.45) is 0. The Morgan fingerprint density at radius 2 is 2.00 bits per heavy atom. The minimum absolute atomic E-state index is 0.176. The molecular weight excluding hydrogens is 331 g/mol. The summed E-state index contributed by atoms with van der Waals surface area (Å²) in [5.41, 5.74) is 8.82. The van der Waals surface area contributed by atoms with Crippen molar-refractivity contribution in [1.29, 1.82) is 0 Å². The topological polar surface area (TPSA) is 29.3 Å². The fraction of sp³-hybridized carbons (Fsp3) is 0.294. The van der Waals surface area contributed by atoms with Crippen molar-refractivity contribution < 1.29 is 4.39 Å². The summed E-state index contributed by atoms with van der Waals surface area (Å²) in [6, 6.07) is 13.2. The molecule has 2 aromatic rings. The minimum atomic E-state index is -0.231. The van der Waals surface area contributed by atoms with E-state index in [0.29, 0.717) is 12.1 Å². The molecule has 0 aliphatic carbocycles. The van der Waals surface area contributed by atoms with Gasteiger partial charge in [0.25, 0.3) is 0 Å². The lowest BCUT2D eigenvalue weighted by atomic mass is 10.0. The molecule has 0 saturated heterocycles. The second-order valence-electron chi connectivity index (χ2n) is 5.04. The van der Waals surface area contributed by atoms with E-state index >= 15 is 0 Å². The van der Waals surface area contributed by atoms with E-state index in [-0.39, 0.29) is 11.9 Å². The highest BCUT2D eigenvalue weighted by atomic mass is 79.9. The zero-order valence-corrected chi connectivity index (χ0v) is 13.9. The van der Waals surface area contributed by atoms with Gasteiger partial charge in [-0.1, -0.05) is 34.1 Å². The number of anilines is 1. The zero-order valence-electron chi connectivity index (χ0n) is 12.3. The van der Waals surface area contributed by atoms with Crippen LogP contribution in [-0.4, -0.2) is 13.1 Å². The summed E-state index contributed by atoms with van der Waals surface area (Å²) in [6.45, 7) is 5.23. The lowest BCUT2D eigenvalue weighted by Crippen LogP contribution is -2.34. The smallest absolute Gasteiger partial charge is 0.129 e. The first-order chi connectivity index (χ1) is 10.1. The van der Waals surface area contributed by atoms with Crippen LogP contribution in [0.1, 0.15) is 24.1 Å². The number of halogens is 2. The molecule has 0 spiro atoms. The van der Waals surface area contributed by atoms with Gasteiger partial charge in [-0.3, -0.25) is 0 Å². The molecule has 112 valence electrons. The van der Waals surface area contributed by atoms with Crippen LogP contribution >= 0.6 is 15.9 Å². The number of hydrogen-bond acceptors (Lipinski definition) is 2. The number of benzene rings is 2. The third-order valence-electron chi connectivity index (χ3n) is 3.59. The Morgan fingerprint density at radius 3 is 2.57 bits per heavy atom. The summed E-state index contributed by atoms with van der Waals surface area (Å²) in [5, 5.41) is 0. The van der Waals surface area contributed by atoms with Crippen LogP contribution in [0, 0.1) is 12.7 Å². The predicted molar refractivity (Wildman–Crippen MR) is 90.1 cm³/mol. The van der Waals surface area contributed by atoms with E-state index in [2.05, 4.69) is 46.8 Å². The van der Waals surface area contributed by atoms with Gasteiger partial charge in [-0.2, -0.15) is 0 Å². The monoisotopic (exact) mass is 350 g/mol. The molecule has 21 heavy (non-hydrogen) atoms. The molecule has 0 aliphatic rings. The second kappa shape index (κ2) is 7.05. The van der Waals surface area contributed by atoms with Crippen LogP contribution < -0.4 is 10.6 Å². The molecule has 2 nitrogen and oxygen atoms in total. The molecule has 1 atom stereocenters. The molecule has 0 bridgehead atoms. The Kier molecular flexibility index (Phi) is 5.37. The molecule has 4 heteroatoms. The summed E-state index contributed by atoms with van der Waals surface area (Å²) in [5.74, 6) is -0.231. The molecule has 0 heterocycles. The van der Waals surface area contributed by atoms with Crippen LogP contribution in [0.15, 0.2) is 46.9 Å². The van der Waals surface area contributed by atoms with Gasteiger partial charge < -0.3 is 10.6 Å². The molecule has 0 fully saturated rings. The normalized spacial score (nSPS) is 12.2. The van der Waals surface area contributed by atoms with E-state index in [9.17, 15) is 4.39 Å². The molecule has 0 amide bonds. The van der Waals surface area contributed by atoms with Gasteiger partial charge in [0.15, 0.2) is 0 Å². The van der Waals surface area contributed by atoms with E-state index in [1.165, 1.54) is 11.6 Å². The van der Waals surface area contributed by atoms with E-state index in [4.69, 9.17) is 5.73 Å². The number of nitrogens with two attached hydrogens (primary N) is 1. The summed E-state index contributed by atoms with van der Waals surface area (Å²) in [7, 11) is 0. The van der Waals surface area contributed by atoms with Gasteiger partial charge >= 0.3 is 0 Å². The molecule has 1 unspecified atom stereocenters. The Bertz CT molecular complexity index is 615. The third-order valence-corrected chi connectivity index (χ3v) is 4.09. The van der Waals surface area contributed by atoms with Crippen molar-refractivity contribution in [3.63, 3.8) is 0 Å². The first-order valence-corrected chi connectivity index (χ1v) is 7.84. The maximum Gasteiger partial charge on any atom is 0.129 e. The summed E-state index contributed by atoms with van der Waals surface area (Å²) >= 11 is 3.29. The molecule has 2 aromatic carbocycles. The quantitative estimate of drug-likeness (QED) is 0.864. The van der Waals surface area contributed by atoms with Crippen molar-refractivity contribution >= 4 is 21.6 Å². The maximum atomic E-state index is 14.3. The highest BCUT2D eigenvalue weighted by Gasteiger charge is 2.21.